The number of para-hydroxylation sites is 1. The number of hydrogen-bond donors (Lipinski definition) is 1. The number of amides is 1. The molecule has 1 N–H and O–H groups in total. The van der Waals surface area contributed by atoms with E-state index in [0.29, 0.717) is 33.7 Å². The molecule has 7 nitrogen and oxygen atoms in total. The fourth-order valence-corrected chi connectivity index (χ4v) is 6.04. The zero-order valence-electron chi connectivity index (χ0n) is 20.7. The highest BCUT2D eigenvalue weighted by molar-refractivity contribution is 7.13. The number of aryl methyl sites for hydroxylation is 1. The van der Waals surface area contributed by atoms with Crippen molar-refractivity contribution in [2.75, 3.05) is 19.7 Å². The molecule has 3 heterocycles. The number of alkyl halides is 2. The lowest BCUT2D eigenvalue weighted by atomic mass is 9.84. The predicted octanol–water partition coefficient (Wildman–Crippen LogP) is 5.36. The number of benzene rings is 1. The van der Waals surface area contributed by atoms with Gasteiger partial charge < -0.3 is 14.5 Å². The van der Waals surface area contributed by atoms with Gasteiger partial charge in [-0.1, -0.05) is 17.4 Å². The lowest BCUT2D eigenvalue weighted by molar-refractivity contribution is -0.0230. The Morgan fingerprint density at radius 1 is 1.28 bits per heavy atom. The van der Waals surface area contributed by atoms with Gasteiger partial charge in [0.25, 0.3) is 17.0 Å². The van der Waals surface area contributed by atoms with Gasteiger partial charge in [0.05, 0.1) is 11.3 Å². The molecule has 3 aromatic rings. The quantitative estimate of drug-likeness (QED) is 0.432. The van der Waals surface area contributed by atoms with Crippen molar-refractivity contribution >= 4 is 28.3 Å². The number of carbonyl (C=O) groups is 1. The normalized spacial score (nSPS) is 20.9. The summed E-state index contributed by atoms with van der Waals surface area (Å²) in [5.41, 5.74) is 2.78. The van der Waals surface area contributed by atoms with Crippen LogP contribution in [0, 0.1) is 12.8 Å². The van der Waals surface area contributed by atoms with E-state index in [2.05, 4.69) is 20.2 Å². The van der Waals surface area contributed by atoms with Gasteiger partial charge in [-0.3, -0.25) is 9.69 Å². The Morgan fingerprint density at radius 2 is 2.08 bits per heavy atom. The molecule has 1 saturated carbocycles. The van der Waals surface area contributed by atoms with Crippen LogP contribution in [0.3, 0.4) is 0 Å². The first kappa shape index (κ1) is 25.1. The third-order valence-electron chi connectivity index (χ3n) is 7.04. The van der Waals surface area contributed by atoms with Crippen LogP contribution in [-0.4, -0.2) is 52.4 Å². The van der Waals surface area contributed by atoms with Gasteiger partial charge in [-0.2, -0.15) is 0 Å². The topological polar surface area (TPSA) is 80.5 Å². The van der Waals surface area contributed by atoms with E-state index in [1.807, 2.05) is 12.1 Å². The van der Waals surface area contributed by atoms with Crippen molar-refractivity contribution in [3.8, 4) is 5.19 Å². The molecule has 0 spiro atoms. The van der Waals surface area contributed by atoms with Crippen LogP contribution in [0.1, 0.15) is 65.8 Å². The predicted molar refractivity (Wildman–Crippen MR) is 134 cm³/mol. The monoisotopic (exact) mass is 518 g/mol. The van der Waals surface area contributed by atoms with E-state index < -0.39 is 12.5 Å². The molecule has 10 heteroatoms. The number of nitrogens with zero attached hydrogens (tertiary/aromatic N) is 3. The maximum absolute atomic E-state index is 13.1. The van der Waals surface area contributed by atoms with Gasteiger partial charge in [0.1, 0.15) is 5.52 Å². The van der Waals surface area contributed by atoms with Crippen molar-refractivity contribution < 1.29 is 22.7 Å². The summed E-state index contributed by atoms with van der Waals surface area (Å²) in [7, 11) is 0. The third kappa shape index (κ3) is 6.03. The summed E-state index contributed by atoms with van der Waals surface area (Å²) < 4.78 is 36.9. The van der Waals surface area contributed by atoms with Gasteiger partial charge in [-0.05, 0) is 63.1 Å². The maximum atomic E-state index is 13.1. The maximum Gasteiger partial charge on any atom is 0.278 e. The van der Waals surface area contributed by atoms with E-state index in [0.717, 1.165) is 75.7 Å². The fourth-order valence-electron chi connectivity index (χ4n) is 5.14. The molecule has 0 radical (unpaired) electrons. The van der Waals surface area contributed by atoms with E-state index in [9.17, 15) is 13.6 Å². The van der Waals surface area contributed by atoms with Crippen LogP contribution in [0.15, 0.2) is 22.6 Å². The third-order valence-corrected chi connectivity index (χ3v) is 8.11. The highest BCUT2D eigenvalue weighted by Gasteiger charge is 2.27. The summed E-state index contributed by atoms with van der Waals surface area (Å²) >= 11 is 1.39. The van der Waals surface area contributed by atoms with Gasteiger partial charge in [-0.25, -0.2) is 18.7 Å². The second kappa shape index (κ2) is 10.4. The second-order valence-corrected chi connectivity index (χ2v) is 11.1. The number of nitrogens with one attached hydrogen (secondary N) is 1. The van der Waals surface area contributed by atoms with E-state index in [1.165, 1.54) is 11.3 Å². The average molecular weight is 519 g/mol. The molecule has 0 saturated heterocycles. The Bertz CT molecular complexity index is 1210. The van der Waals surface area contributed by atoms with Crippen LogP contribution >= 0.6 is 11.3 Å². The number of hydrogen-bond acceptors (Lipinski definition) is 7. The van der Waals surface area contributed by atoms with Crippen LogP contribution in [0.2, 0.25) is 0 Å². The highest BCUT2D eigenvalue weighted by atomic mass is 32.1. The molecular formula is C26H32F2N4O3S. The zero-order chi connectivity index (χ0) is 25.3. The Labute approximate surface area is 213 Å². The van der Waals surface area contributed by atoms with Crippen LogP contribution in [0.4, 0.5) is 8.78 Å². The molecule has 0 atom stereocenters. The number of fused-ring (bicyclic) bond motifs is 2. The summed E-state index contributed by atoms with van der Waals surface area (Å²) in [4.78, 5) is 25.3. The number of rotatable bonds is 8. The standard InChI is InChI=1S/C26H32F2N4O3S/c1-16-29-23-19(4-3-5-21(23)35-16)24(33)30-18-8-6-17(7-9-18)10-12-32-13-11-22-20(14-32)31-25(36-22)34-15-26(2,27)28/h3-5,17-18H,6-15H2,1-2H3,(H,30,33). The summed E-state index contributed by atoms with van der Waals surface area (Å²) in [6, 6.07) is 5.63. The first-order chi connectivity index (χ1) is 17.2. The van der Waals surface area contributed by atoms with Crippen LogP contribution in [-0.2, 0) is 13.0 Å². The molecule has 194 valence electrons. The SMILES string of the molecule is Cc1nc2c(C(=O)NC3CCC(CCN4CCc5sc(OCC(C)(F)F)nc5C4)CC3)cccc2o1. The summed E-state index contributed by atoms with van der Waals surface area (Å²) in [5.74, 6) is -1.75. The smallest absolute Gasteiger partial charge is 0.278 e. The van der Waals surface area contributed by atoms with Gasteiger partial charge in [0, 0.05) is 37.9 Å². The van der Waals surface area contributed by atoms with Crippen LogP contribution < -0.4 is 10.1 Å². The van der Waals surface area contributed by atoms with Crippen LogP contribution in [0.5, 0.6) is 5.19 Å². The number of aromatic nitrogens is 2. The number of halogens is 2. The number of thiazole rings is 1. The molecule has 2 aliphatic rings. The number of oxazole rings is 1. The Morgan fingerprint density at radius 3 is 2.86 bits per heavy atom. The fraction of sp³-hybridized carbons (Fsp3) is 0.577. The molecular weight excluding hydrogens is 486 g/mol. The van der Waals surface area contributed by atoms with Crippen LogP contribution in [0.25, 0.3) is 11.1 Å². The number of ether oxygens (including phenoxy) is 1. The molecule has 0 unspecified atom stereocenters. The van der Waals surface area contributed by atoms with Crippen molar-refractivity contribution in [3.05, 3.63) is 40.2 Å². The second-order valence-electron chi connectivity index (χ2n) is 10.1. The highest BCUT2D eigenvalue weighted by Crippen LogP contribution is 2.32. The van der Waals surface area contributed by atoms with Gasteiger partial charge >= 0.3 is 0 Å². The Kier molecular flexibility index (Phi) is 7.25. The minimum atomic E-state index is -2.86. The minimum absolute atomic E-state index is 0.0873. The molecule has 1 aliphatic carbocycles. The minimum Gasteiger partial charge on any atom is -0.464 e. The van der Waals surface area contributed by atoms with Gasteiger partial charge in [-0.15, -0.1) is 0 Å². The van der Waals surface area contributed by atoms with Crippen molar-refractivity contribution in [2.24, 2.45) is 5.92 Å². The summed E-state index contributed by atoms with van der Waals surface area (Å²) in [6.45, 7) is 4.69. The van der Waals surface area contributed by atoms with Crippen molar-refractivity contribution in [1.82, 2.24) is 20.2 Å². The van der Waals surface area contributed by atoms with E-state index in [4.69, 9.17) is 9.15 Å². The lowest BCUT2D eigenvalue weighted by Crippen LogP contribution is -2.38. The molecule has 1 fully saturated rings. The largest absolute Gasteiger partial charge is 0.464 e. The van der Waals surface area contributed by atoms with E-state index >= 15 is 0 Å². The molecule has 0 bridgehead atoms. The average Bonchev–Trinajstić information content (AvgIpc) is 3.43. The lowest BCUT2D eigenvalue weighted by Gasteiger charge is -2.32. The van der Waals surface area contributed by atoms with E-state index in [1.54, 1.807) is 13.0 Å². The van der Waals surface area contributed by atoms with Crippen molar-refractivity contribution in [3.63, 3.8) is 0 Å². The van der Waals surface area contributed by atoms with Crippen molar-refractivity contribution in [1.29, 1.82) is 0 Å². The summed E-state index contributed by atoms with van der Waals surface area (Å²) in [6.07, 6.45) is 6.14. The molecule has 2 aromatic heterocycles. The molecule has 5 rings (SSSR count). The number of carbonyl (C=O) groups excluding carboxylic acids is 1. The van der Waals surface area contributed by atoms with Crippen molar-refractivity contribution in [2.45, 2.75) is 70.9 Å². The first-order valence-corrected chi connectivity index (χ1v) is 13.4. The molecule has 1 aromatic carbocycles. The van der Waals surface area contributed by atoms with Gasteiger partial charge in [0.2, 0.25) is 0 Å². The first-order valence-electron chi connectivity index (χ1n) is 12.6. The molecule has 1 amide bonds. The van der Waals surface area contributed by atoms with E-state index in [-0.39, 0.29) is 11.9 Å². The summed E-state index contributed by atoms with van der Waals surface area (Å²) in [5, 5.41) is 3.54. The molecule has 36 heavy (non-hydrogen) atoms. The van der Waals surface area contributed by atoms with Gasteiger partial charge in [0.15, 0.2) is 18.1 Å². The Hall–Kier alpha value is -2.59. The Balaban J connectivity index is 1.06. The zero-order valence-corrected chi connectivity index (χ0v) is 21.5. The molecule has 1 aliphatic heterocycles.